The number of esters is 1. The number of rotatable bonds is 5. The number of ether oxygens (including phenoxy) is 1. The Bertz CT molecular complexity index is 768. The van der Waals surface area contributed by atoms with Crippen LogP contribution in [0.2, 0.25) is 0 Å². The number of ketones is 1. The van der Waals surface area contributed by atoms with E-state index in [0.29, 0.717) is 29.9 Å². The number of benzene rings is 1. The van der Waals surface area contributed by atoms with Gasteiger partial charge in [-0.25, -0.2) is 4.39 Å². The van der Waals surface area contributed by atoms with E-state index >= 15 is 0 Å². The van der Waals surface area contributed by atoms with E-state index in [0.717, 1.165) is 31.4 Å². The minimum atomic E-state index is -0.741. The number of carbonyl (C=O) groups is 2. The molecular weight excluding hydrogens is 333 g/mol. The normalized spacial score (nSPS) is 22.7. The fraction of sp³-hybridized carbons (Fsp3) is 0.429. The van der Waals surface area contributed by atoms with Gasteiger partial charge in [-0.05, 0) is 37.0 Å². The molecule has 1 aromatic carbocycles. The molecular formula is C21H24FNO3. The third-order valence-corrected chi connectivity index (χ3v) is 4.99. The molecule has 138 valence electrons. The van der Waals surface area contributed by atoms with Gasteiger partial charge in [-0.3, -0.25) is 9.59 Å². The van der Waals surface area contributed by atoms with Crippen molar-refractivity contribution in [3.05, 3.63) is 59.2 Å². The molecule has 3 rings (SSSR count). The molecule has 0 aromatic heterocycles. The van der Waals surface area contributed by atoms with Gasteiger partial charge in [-0.15, -0.1) is 0 Å². The quantitative estimate of drug-likeness (QED) is 0.639. The van der Waals surface area contributed by atoms with Gasteiger partial charge in [0, 0.05) is 29.3 Å². The highest BCUT2D eigenvalue weighted by Gasteiger charge is 2.43. The zero-order chi connectivity index (χ0) is 18.7. The van der Waals surface area contributed by atoms with Crippen molar-refractivity contribution in [1.82, 2.24) is 5.32 Å². The Morgan fingerprint density at radius 1 is 1.38 bits per heavy atom. The minimum Gasteiger partial charge on any atom is -0.465 e. The standard InChI is InChI=1S/C21H24FNO3/c1-3-4-11-26-21(25)18-13(2)23-16-9-6-10-17(24)20(16)19(18)14-7-5-8-15(22)12-14/h5,7-8,12,18-19,23H,2-4,6,9-11H2,1H3. The lowest BCUT2D eigenvalue weighted by atomic mass is 9.71. The van der Waals surface area contributed by atoms with Crippen molar-refractivity contribution in [3.63, 3.8) is 0 Å². The van der Waals surface area contributed by atoms with Gasteiger partial charge < -0.3 is 10.1 Å². The molecule has 0 saturated carbocycles. The molecule has 5 heteroatoms. The van der Waals surface area contributed by atoms with Crippen LogP contribution in [0, 0.1) is 11.7 Å². The summed E-state index contributed by atoms with van der Waals surface area (Å²) in [5, 5.41) is 3.15. The maximum absolute atomic E-state index is 13.9. The Hall–Kier alpha value is -2.43. The monoisotopic (exact) mass is 357 g/mol. The average molecular weight is 357 g/mol. The van der Waals surface area contributed by atoms with Crippen LogP contribution in [0.3, 0.4) is 0 Å². The molecule has 4 nitrogen and oxygen atoms in total. The number of Topliss-reactive ketones (excluding diaryl/α,β-unsaturated/α-hetero) is 1. The van der Waals surface area contributed by atoms with Gasteiger partial charge in [-0.2, -0.15) is 0 Å². The highest BCUT2D eigenvalue weighted by molar-refractivity contribution is 6.00. The van der Waals surface area contributed by atoms with E-state index in [1.54, 1.807) is 12.1 Å². The topological polar surface area (TPSA) is 55.4 Å². The lowest BCUT2D eigenvalue weighted by molar-refractivity contribution is -0.148. The predicted molar refractivity (Wildman–Crippen MR) is 96.7 cm³/mol. The van der Waals surface area contributed by atoms with Crippen LogP contribution in [0.1, 0.15) is 50.5 Å². The van der Waals surface area contributed by atoms with Gasteiger partial charge in [0.25, 0.3) is 0 Å². The van der Waals surface area contributed by atoms with Crippen LogP contribution >= 0.6 is 0 Å². The minimum absolute atomic E-state index is 0.00636. The Morgan fingerprint density at radius 2 is 2.19 bits per heavy atom. The van der Waals surface area contributed by atoms with Gasteiger partial charge in [0.2, 0.25) is 0 Å². The largest absolute Gasteiger partial charge is 0.465 e. The van der Waals surface area contributed by atoms with Crippen molar-refractivity contribution >= 4 is 11.8 Å². The second kappa shape index (κ2) is 7.85. The first kappa shape index (κ1) is 18.4. The van der Waals surface area contributed by atoms with Gasteiger partial charge in [-0.1, -0.05) is 32.1 Å². The molecule has 0 bridgehead atoms. The van der Waals surface area contributed by atoms with E-state index in [-0.39, 0.29) is 5.78 Å². The SMILES string of the molecule is C=C1NC2=C(C(=O)CCC2)C(c2cccc(F)c2)C1C(=O)OCCCC. The number of nitrogens with one attached hydrogen (secondary N) is 1. The van der Waals surface area contributed by atoms with Gasteiger partial charge in [0.05, 0.1) is 6.61 Å². The highest BCUT2D eigenvalue weighted by atomic mass is 19.1. The van der Waals surface area contributed by atoms with Crippen LogP contribution in [-0.2, 0) is 14.3 Å². The lowest BCUT2D eigenvalue weighted by Gasteiger charge is -2.38. The molecule has 1 aliphatic carbocycles. The summed E-state index contributed by atoms with van der Waals surface area (Å²) in [6.45, 7) is 6.35. The second-order valence-corrected chi connectivity index (χ2v) is 6.85. The summed E-state index contributed by atoms with van der Waals surface area (Å²) in [4.78, 5) is 25.4. The van der Waals surface area contributed by atoms with Crippen LogP contribution in [0.25, 0.3) is 0 Å². The summed E-state index contributed by atoms with van der Waals surface area (Å²) in [5.74, 6) is -2.11. The van der Waals surface area contributed by atoms with Crippen molar-refractivity contribution in [2.45, 2.75) is 44.9 Å². The Kier molecular flexibility index (Phi) is 5.55. The summed E-state index contributed by atoms with van der Waals surface area (Å²) in [7, 11) is 0. The maximum Gasteiger partial charge on any atom is 0.315 e. The first-order valence-electron chi connectivity index (χ1n) is 9.17. The van der Waals surface area contributed by atoms with Crippen LogP contribution in [-0.4, -0.2) is 18.4 Å². The van der Waals surface area contributed by atoms with E-state index in [2.05, 4.69) is 11.9 Å². The summed E-state index contributed by atoms with van der Waals surface area (Å²) < 4.78 is 19.3. The molecule has 0 fully saturated rings. The Morgan fingerprint density at radius 3 is 2.92 bits per heavy atom. The molecule has 0 spiro atoms. The van der Waals surface area contributed by atoms with E-state index in [1.165, 1.54) is 12.1 Å². The molecule has 1 aliphatic heterocycles. The molecule has 2 aliphatic rings. The fourth-order valence-corrected chi connectivity index (χ4v) is 3.74. The number of allylic oxidation sites excluding steroid dienone is 2. The van der Waals surface area contributed by atoms with Crippen molar-refractivity contribution in [2.24, 2.45) is 5.92 Å². The number of halogens is 1. The first-order chi connectivity index (χ1) is 12.5. The molecule has 1 N–H and O–H groups in total. The van der Waals surface area contributed by atoms with Crippen molar-refractivity contribution in [2.75, 3.05) is 6.61 Å². The van der Waals surface area contributed by atoms with E-state index in [1.807, 2.05) is 6.92 Å². The number of hydrogen-bond donors (Lipinski definition) is 1. The number of unbranched alkanes of at least 4 members (excludes halogenated alkanes) is 1. The molecule has 26 heavy (non-hydrogen) atoms. The van der Waals surface area contributed by atoms with E-state index in [4.69, 9.17) is 4.74 Å². The Balaban J connectivity index is 2.04. The molecule has 2 atom stereocenters. The van der Waals surface area contributed by atoms with Crippen LogP contribution < -0.4 is 5.32 Å². The molecule has 1 aromatic rings. The summed E-state index contributed by atoms with van der Waals surface area (Å²) in [6, 6.07) is 6.10. The van der Waals surface area contributed by atoms with Crippen LogP contribution in [0.5, 0.6) is 0 Å². The summed E-state index contributed by atoms with van der Waals surface area (Å²) >= 11 is 0. The molecule has 0 amide bonds. The van der Waals surface area contributed by atoms with Crippen molar-refractivity contribution in [3.8, 4) is 0 Å². The molecule has 0 saturated heterocycles. The number of hydrogen-bond acceptors (Lipinski definition) is 4. The maximum atomic E-state index is 13.9. The zero-order valence-corrected chi connectivity index (χ0v) is 15.0. The lowest BCUT2D eigenvalue weighted by Crippen LogP contribution is -2.41. The third kappa shape index (κ3) is 3.57. The van der Waals surface area contributed by atoms with Gasteiger partial charge in [0.15, 0.2) is 5.78 Å². The predicted octanol–water partition coefficient (Wildman–Crippen LogP) is 3.99. The molecule has 2 unspecified atom stereocenters. The summed E-state index contributed by atoms with van der Waals surface area (Å²) in [5.41, 5.74) is 2.49. The zero-order valence-electron chi connectivity index (χ0n) is 15.0. The van der Waals surface area contributed by atoms with E-state index in [9.17, 15) is 14.0 Å². The second-order valence-electron chi connectivity index (χ2n) is 6.85. The highest BCUT2D eigenvalue weighted by Crippen LogP contribution is 2.44. The smallest absolute Gasteiger partial charge is 0.315 e. The van der Waals surface area contributed by atoms with Crippen LogP contribution in [0.15, 0.2) is 47.8 Å². The van der Waals surface area contributed by atoms with Crippen LogP contribution in [0.4, 0.5) is 4.39 Å². The van der Waals surface area contributed by atoms with Gasteiger partial charge >= 0.3 is 5.97 Å². The fourth-order valence-electron chi connectivity index (χ4n) is 3.74. The number of carbonyl (C=O) groups excluding carboxylic acids is 2. The first-order valence-corrected chi connectivity index (χ1v) is 9.17. The summed E-state index contributed by atoms with van der Waals surface area (Å²) in [6.07, 6.45) is 3.62. The Labute approximate surface area is 153 Å². The third-order valence-electron chi connectivity index (χ3n) is 4.99. The van der Waals surface area contributed by atoms with Gasteiger partial charge in [0.1, 0.15) is 11.7 Å². The molecule has 0 radical (unpaired) electrons. The molecule has 1 heterocycles. The average Bonchev–Trinajstić information content (AvgIpc) is 2.61. The van der Waals surface area contributed by atoms with Crippen molar-refractivity contribution < 1.29 is 18.7 Å². The van der Waals surface area contributed by atoms with E-state index < -0.39 is 23.6 Å². The van der Waals surface area contributed by atoms with Crippen molar-refractivity contribution in [1.29, 1.82) is 0 Å².